The van der Waals surface area contributed by atoms with Crippen molar-refractivity contribution in [2.24, 2.45) is 0 Å². The first-order chi connectivity index (χ1) is 14.2. The Kier molecular flexibility index (Phi) is 6.31. The largest absolute Gasteiger partial charge is 0.348 e. The van der Waals surface area contributed by atoms with Gasteiger partial charge in [0.25, 0.3) is 11.8 Å². The maximum absolute atomic E-state index is 12.4. The Hall–Kier alpha value is -3.47. The zero-order valence-electron chi connectivity index (χ0n) is 17.8. The number of amides is 2. The first-order valence-corrected chi connectivity index (χ1v) is 9.94. The molecule has 0 radical (unpaired) electrons. The van der Waals surface area contributed by atoms with Gasteiger partial charge in [-0.15, -0.1) is 0 Å². The number of nitrogens with one attached hydrogen (secondary N) is 2. The lowest BCUT2D eigenvalue weighted by molar-refractivity contribution is 0.0949. The van der Waals surface area contributed by atoms with Crippen molar-refractivity contribution in [2.75, 3.05) is 5.32 Å². The van der Waals surface area contributed by atoms with Gasteiger partial charge in [0.15, 0.2) is 0 Å². The van der Waals surface area contributed by atoms with Crippen LogP contribution in [-0.2, 0) is 12.0 Å². The average Bonchev–Trinajstić information content (AvgIpc) is 2.72. The Balaban J connectivity index is 1.56. The van der Waals surface area contributed by atoms with Crippen LogP contribution in [0.1, 0.15) is 58.3 Å². The molecule has 3 rings (SSSR count). The van der Waals surface area contributed by atoms with Crippen LogP contribution in [0.25, 0.3) is 0 Å². The second-order valence-electron chi connectivity index (χ2n) is 8.35. The summed E-state index contributed by atoms with van der Waals surface area (Å²) in [6.07, 6.45) is 1.66. The number of hydrogen-bond acceptors (Lipinski definition) is 3. The number of nitrogens with zero attached hydrogens (tertiary/aromatic N) is 1. The van der Waals surface area contributed by atoms with Gasteiger partial charge < -0.3 is 10.6 Å². The Morgan fingerprint density at radius 2 is 1.47 bits per heavy atom. The van der Waals surface area contributed by atoms with E-state index in [1.54, 1.807) is 24.4 Å². The number of anilines is 1. The molecule has 0 atom stereocenters. The molecule has 3 aromatic rings. The summed E-state index contributed by atoms with van der Waals surface area (Å²) < 4.78 is 0. The van der Waals surface area contributed by atoms with E-state index in [1.165, 1.54) is 5.56 Å². The first kappa shape index (κ1) is 21.2. The number of carbonyl (C=O) groups excluding carboxylic acids is 2. The Bertz CT molecular complexity index is 1030. The second kappa shape index (κ2) is 8.91. The van der Waals surface area contributed by atoms with E-state index < -0.39 is 0 Å². The lowest BCUT2D eigenvalue weighted by Crippen LogP contribution is -2.23. The number of pyridine rings is 1. The van der Waals surface area contributed by atoms with Crippen LogP contribution in [0.4, 0.5) is 5.69 Å². The van der Waals surface area contributed by atoms with E-state index >= 15 is 0 Å². The summed E-state index contributed by atoms with van der Waals surface area (Å²) in [4.78, 5) is 28.9. The fourth-order valence-electron chi connectivity index (χ4n) is 3.01. The number of carbonyl (C=O) groups is 2. The predicted molar refractivity (Wildman–Crippen MR) is 120 cm³/mol. The van der Waals surface area contributed by atoms with E-state index in [1.807, 2.05) is 49.4 Å². The summed E-state index contributed by atoms with van der Waals surface area (Å²) in [7, 11) is 0. The smallest absolute Gasteiger partial charge is 0.255 e. The quantitative estimate of drug-likeness (QED) is 0.641. The van der Waals surface area contributed by atoms with Crippen molar-refractivity contribution in [2.45, 2.75) is 39.7 Å². The molecule has 0 aliphatic heterocycles. The highest BCUT2D eigenvalue weighted by atomic mass is 16.2. The molecule has 0 fully saturated rings. The van der Waals surface area contributed by atoms with Gasteiger partial charge in [0.2, 0.25) is 0 Å². The van der Waals surface area contributed by atoms with E-state index in [2.05, 4.69) is 36.4 Å². The highest BCUT2D eigenvalue weighted by Crippen LogP contribution is 2.22. The molecule has 5 heteroatoms. The van der Waals surface area contributed by atoms with E-state index in [0.29, 0.717) is 23.4 Å². The molecular formula is C25H27N3O2. The standard InChI is InChI=1S/C25H27N3O2/c1-17-15-22(13-14-26-17)28-24(30)20-7-5-18(6-8-20)16-27-23(29)19-9-11-21(12-10-19)25(2,3)4/h5-15H,16H2,1-4H3,(H,27,29)(H,26,28,30). The molecule has 1 heterocycles. The van der Waals surface area contributed by atoms with Crippen LogP contribution in [0.3, 0.4) is 0 Å². The number of rotatable bonds is 5. The highest BCUT2D eigenvalue weighted by molar-refractivity contribution is 6.04. The van der Waals surface area contributed by atoms with Crippen molar-refractivity contribution in [1.82, 2.24) is 10.3 Å². The molecular weight excluding hydrogens is 374 g/mol. The zero-order chi connectivity index (χ0) is 21.7. The maximum atomic E-state index is 12.4. The lowest BCUT2D eigenvalue weighted by Gasteiger charge is -2.19. The minimum absolute atomic E-state index is 0.0548. The second-order valence-corrected chi connectivity index (χ2v) is 8.35. The maximum Gasteiger partial charge on any atom is 0.255 e. The average molecular weight is 402 g/mol. The molecule has 0 saturated carbocycles. The fourth-order valence-corrected chi connectivity index (χ4v) is 3.01. The van der Waals surface area contributed by atoms with Crippen LogP contribution >= 0.6 is 0 Å². The fraction of sp³-hybridized carbons (Fsp3) is 0.240. The van der Waals surface area contributed by atoms with Crippen LogP contribution in [0, 0.1) is 6.92 Å². The van der Waals surface area contributed by atoms with Gasteiger partial charge in [0, 0.05) is 35.2 Å². The van der Waals surface area contributed by atoms with Gasteiger partial charge in [-0.1, -0.05) is 45.0 Å². The molecule has 30 heavy (non-hydrogen) atoms. The predicted octanol–water partition coefficient (Wildman–Crippen LogP) is 4.87. The minimum Gasteiger partial charge on any atom is -0.348 e. The van der Waals surface area contributed by atoms with Gasteiger partial charge in [0.1, 0.15) is 0 Å². The van der Waals surface area contributed by atoms with Crippen molar-refractivity contribution in [1.29, 1.82) is 0 Å². The number of aromatic nitrogens is 1. The molecule has 0 aliphatic carbocycles. The van der Waals surface area contributed by atoms with E-state index in [-0.39, 0.29) is 17.2 Å². The summed E-state index contributed by atoms with van der Waals surface area (Å²) >= 11 is 0. The molecule has 0 unspecified atom stereocenters. The summed E-state index contributed by atoms with van der Waals surface area (Å²) in [5.74, 6) is -0.305. The zero-order valence-corrected chi connectivity index (χ0v) is 17.8. The highest BCUT2D eigenvalue weighted by Gasteiger charge is 2.14. The normalized spacial score (nSPS) is 11.1. The summed E-state index contributed by atoms with van der Waals surface area (Å²) in [6.45, 7) is 8.70. The van der Waals surface area contributed by atoms with Gasteiger partial charge in [-0.05, 0) is 59.9 Å². The molecule has 1 aromatic heterocycles. The van der Waals surface area contributed by atoms with Crippen LogP contribution in [0.15, 0.2) is 66.9 Å². The van der Waals surface area contributed by atoms with Gasteiger partial charge in [-0.25, -0.2) is 0 Å². The summed E-state index contributed by atoms with van der Waals surface area (Å²) in [5, 5.41) is 5.78. The Morgan fingerprint density at radius 1 is 0.867 bits per heavy atom. The van der Waals surface area contributed by atoms with E-state index in [4.69, 9.17) is 0 Å². The van der Waals surface area contributed by atoms with Gasteiger partial charge >= 0.3 is 0 Å². The molecule has 2 N–H and O–H groups in total. The molecule has 0 spiro atoms. The Labute approximate surface area is 177 Å². The van der Waals surface area contributed by atoms with Crippen LogP contribution in [0.5, 0.6) is 0 Å². The molecule has 2 aromatic carbocycles. The van der Waals surface area contributed by atoms with Crippen LogP contribution in [0.2, 0.25) is 0 Å². The van der Waals surface area contributed by atoms with E-state index in [9.17, 15) is 9.59 Å². The number of benzene rings is 2. The third kappa shape index (κ3) is 5.54. The first-order valence-electron chi connectivity index (χ1n) is 9.94. The topological polar surface area (TPSA) is 71.1 Å². The van der Waals surface area contributed by atoms with Crippen LogP contribution < -0.4 is 10.6 Å². The monoisotopic (exact) mass is 401 g/mol. The third-order valence-corrected chi connectivity index (χ3v) is 4.84. The molecule has 0 saturated heterocycles. The summed E-state index contributed by atoms with van der Waals surface area (Å²) in [6, 6.07) is 18.4. The minimum atomic E-state index is -0.185. The van der Waals surface area contributed by atoms with Gasteiger partial charge in [0.05, 0.1) is 0 Å². The van der Waals surface area contributed by atoms with Crippen molar-refractivity contribution >= 4 is 17.5 Å². The molecule has 0 aliphatic rings. The van der Waals surface area contributed by atoms with Crippen molar-refractivity contribution < 1.29 is 9.59 Å². The van der Waals surface area contributed by atoms with Gasteiger partial charge in [-0.2, -0.15) is 0 Å². The molecule has 2 amide bonds. The molecule has 154 valence electrons. The SMILES string of the molecule is Cc1cc(NC(=O)c2ccc(CNC(=O)c3ccc(C(C)(C)C)cc3)cc2)ccn1. The molecule has 0 bridgehead atoms. The Morgan fingerprint density at radius 3 is 2.07 bits per heavy atom. The van der Waals surface area contributed by atoms with Gasteiger partial charge in [-0.3, -0.25) is 14.6 Å². The molecule has 5 nitrogen and oxygen atoms in total. The third-order valence-electron chi connectivity index (χ3n) is 4.84. The van der Waals surface area contributed by atoms with Crippen LogP contribution in [-0.4, -0.2) is 16.8 Å². The number of hydrogen-bond donors (Lipinski definition) is 2. The van der Waals surface area contributed by atoms with Crippen molar-refractivity contribution in [3.63, 3.8) is 0 Å². The van der Waals surface area contributed by atoms with E-state index in [0.717, 1.165) is 11.3 Å². The van der Waals surface area contributed by atoms with Crippen molar-refractivity contribution in [3.05, 3.63) is 94.8 Å². The summed E-state index contributed by atoms with van der Waals surface area (Å²) in [5.41, 5.74) is 4.90. The van der Waals surface area contributed by atoms with Crippen molar-refractivity contribution in [3.8, 4) is 0 Å². The number of aryl methyl sites for hydroxylation is 1. The lowest BCUT2D eigenvalue weighted by atomic mass is 9.87.